The predicted octanol–water partition coefficient (Wildman–Crippen LogP) is 2.09. The largest absolute Gasteiger partial charge is 0.489 e. The van der Waals surface area contributed by atoms with Gasteiger partial charge in [-0.2, -0.15) is 0 Å². The quantitative estimate of drug-likeness (QED) is 0.665. The lowest BCUT2D eigenvalue weighted by atomic mass is 10.1. The molecule has 1 saturated heterocycles. The van der Waals surface area contributed by atoms with Crippen molar-refractivity contribution in [1.29, 1.82) is 0 Å². The van der Waals surface area contributed by atoms with Gasteiger partial charge in [0, 0.05) is 24.7 Å². The highest BCUT2D eigenvalue weighted by molar-refractivity contribution is 7.14. The lowest BCUT2D eigenvalue weighted by Crippen LogP contribution is -2.24. The van der Waals surface area contributed by atoms with E-state index in [0.29, 0.717) is 47.6 Å². The van der Waals surface area contributed by atoms with Crippen molar-refractivity contribution >= 4 is 23.2 Å². The Balaban J connectivity index is 0.000000269. The van der Waals surface area contributed by atoms with Crippen LogP contribution in [0.3, 0.4) is 0 Å². The molecule has 0 spiro atoms. The number of aliphatic hydroxyl groups excluding tert-OH is 1. The fraction of sp³-hybridized carbons (Fsp3) is 0.350. The highest BCUT2D eigenvalue weighted by Crippen LogP contribution is 2.42. The number of thiazole rings is 1. The highest BCUT2D eigenvalue weighted by Gasteiger charge is 2.29. The SMILES string of the molecule is C#Cc1ccc2c(c1)-c1nc(C(N)=O)sc1C(F)CO2.CF.CN1CCC(O)C1=O. The third kappa shape index (κ3) is 4.93. The molecule has 7 nitrogen and oxygen atoms in total. The zero-order valence-corrected chi connectivity index (χ0v) is 17.2. The van der Waals surface area contributed by atoms with Crippen LogP contribution >= 0.6 is 11.3 Å². The molecular formula is C20H21F2N3O4S. The fourth-order valence-corrected chi connectivity index (χ4v) is 3.71. The normalized spacial score (nSPS) is 18.9. The van der Waals surface area contributed by atoms with Gasteiger partial charge in [0.05, 0.1) is 17.7 Å². The Morgan fingerprint density at radius 1 is 1.47 bits per heavy atom. The predicted molar refractivity (Wildman–Crippen MR) is 109 cm³/mol. The van der Waals surface area contributed by atoms with Crippen LogP contribution in [0.5, 0.6) is 5.75 Å². The number of amides is 2. The summed E-state index contributed by atoms with van der Waals surface area (Å²) in [5.74, 6) is 2.17. The summed E-state index contributed by atoms with van der Waals surface area (Å²) < 4.78 is 29.0. The number of aromatic nitrogens is 1. The number of hydrogen-bond donors (Lipinski definition) is 2. The van der Waals surface area contributed by atoms with Crippen molar-refractivity contribution in [1.82, 2.24) is 9.88 Å². The number of primary amides is 1. The Kier molecular flexibility index (Phi) is 7.86. The molecule has 2 aliphatic rings. The molecule has 1 aromatic carbocycles. The van der Waals surface area contributed by atoms with Gasteiger partial charge in [-0.15, -0.1) is 17.8 Å². The van der Waals surface area contributed by atoms with Crippen LogP contribution in [0.25, 0.3) is 11.3 Å². The summed E-state index contributed by atoms with van der Waals surface area (Å²) in [5, 5.41) is 8.86. The molecule has 4 rings (SSSR count). The van der Waals surface area contributed by atoms with E-state index in [4.69, 9.17) is 22.0 Å². The first-order valence-electron chi connectivity index (χ1n) is 8.81. The molecular weight excluding hydrogens is 416 g/mol. The zero-order chi connectivity index (χ0) is 22.4. The Labute approximate surface area is 176 Å². The van der Waals surface area contributed by atoms with Crippen LogP contribution in [0.15, 0.2) is 18.2 Å². The molecule has 0 radical (unpaired) electrons. The molecule has 2 aliphatic heterocycles. The first-order chi connectivity index (χ1) is 14.3. The van der Waals surface area contributed by atoms with Gasteiger partial charge >= 0.3 is 0 Å². The van der Waals surface area contributed by atoms with E-state index in [0.717, 1.165) is 11.3 Å². The van der Waals surface area contributed by atoms with Crippen LogP contribution < -0.4 is 10.5 Å². The van der Waals surface area contributed by atoms with E-state index in [1.54, 1.807) is 25.2 Å². The summed E-state index contributed by atoms with van der Waals surface area (Å²) in [6, 6.07) is 5.07. The maximum atomic E-state index is 14.1. The molecule has 2 unspecified atom stereocenters. The van der Waals surface area contributed by atoms with Crippen LogP contribution in [0.2, 0.25) is 0 Å². The maximum absolute atomic E-state index is 14.1. The number of fused-ring (bicyclic) bond motifs is 3. The van der Waals surface area contributed by atoms with E-state index in [-0.39, 0.29) is 17.5 Å². The van der Waals surface area contributed by atoms with Gasteiger partial charge in [-0.25, -0.2) is 9.37 Å². The molecule has 2 aromatic rings. The molecule has 0 aliphatic carbocycles. The van der Waals surface area contributed by atoms with E-state index in [1.165, 1.54) is 4.90 Å². The average molecular weight is 437 g/mol. The zero-order valence-electron chi connectivity index (χ0n) is 16.4. The van der Waals surface area contributed by atoms with E-state index < -0.39 is 18.2 Å². The van der Waals surface area contributed by atoms with Crippen LogP contribution in [0.4, 0.5) is 8.78 Å². The number of carbonyl (C=O) groups is 2. The number of nitrogens with two attached hydrogens (primary N) is 1. The van der Waals surface area contributed by atoms with Crippen molar-refractivity contribution in [3.8, 4) is 29.4 Å². The van der Waals surface area contributed by atoms with Crippen molar-refractivity contribution in [3.05, 3.63) is 33.6 Å². The van der Waals surface area contributed by atoms with Crippen molar-refractivity contribution < 1.29 is 28.2 Å². The number of alkyl halides is 2. The summed E-state index contributed by atoms with van der Waals surface area (Å²) in [7, 11) is 2.19. The van der Waals surface area contributed by atoms with Gasteiger partial charge in [-0.05, 0) is 24.6 Å². The van der Waals surface area contributed by atoms with Gasteiger partial charge in [0.25, 0.3) is 11.8 Å². The molecule has 1 fully saturated rings. The number of hydrogen-bond acceptors (Lipinski definition) is 6. The van der Waals surface area contributed by atoms with Crippen LogP contribution in [-0.4, -0.2) is 60.3 Å². The highest BCUT2D eigenvalue weighted by atomic mass is 32.1. The molecule has 160 valence electrons. The second kappa shape index (κ2) is 10.1. The molecule has 0 bridgehead atoms. The van der Waals surface area contributed by atoms with Gasteiger partial charge in [0.1, 0.15) is 18.5 Å². The van der Waals surface area contributed by atoms with E-state index in [1.807, 2.05) is 0 Å². The maximum Gasteiger partial charge on any atom is 0.277 e. The first-order valence-corrected chi connectivity index (χ1v) is 9.62. The molecule has 10 heteroatoms. The van der Waals surface area contributed by atoms with Crippen LogP contribution in [0, 0.1) is 12.3 Å². The third-order valence-corrected chi connectivity index (χ3v) is 5.49. The number of halogens is 2. The lowest BCUT2D eigenvalue weighted by molar-refractivity contribution is -0.133. The summed E-state index contributed by atoms with van der Waals surface area (Å²) in [5.41, 5.74) is 6.80. The minimum atomic E-state index is -1.35. The van der Waals surface area contributed by atoms with Crippen LogP contribution in [-0.2, 0) is 4.79 Å². The summed E-state index contributed by atoms with van der Waals surface area (Å²) in [4.78, 5) is 27.8. The van der Waals surface area contributed by atoms with Gasteiger partial charge in [0.15, 0.2) is 11.2 Å². The second-order valence-corrected chi connectivity index (χ2v) is 7.32. The molecule has 1 aromatic heterocycles. The molecule has 3 N–H and O–H groups in total. The number of benzene rings is 1. The molecule has 2 amide bonds. The first kappa shape index (κ1) is 23.3. The Hall–Kier alpha value is -3.03. The Morgan fingerprint density at radius 2 is 2.17 bits per heavy atom. The van der Waals surface area contributed by atoms with E-state index in [9.17, 15) is 18.4 Å². The van der Waals surface area contributed by atoms with Gasteiger partial charge in [-0.1, -0.05) is 5.92 Å². The number of terminal acetylenes is 1. The lowest BCUT2D eigenvalue weighted by Gasteiger charge is -2.07. The minimum absolute atomic E-state index is 0.0802. The molecule has 3 heterocycles. The van der Waals surface area contributed by atoms with E-state index in [2.05, 4.69) is 10.9 Å². The number of aliphatic hydroxyl groups is 1. The standard InChI is InChI=1S/C14H9FN2O2S.C5H9NO2.CH3F/c1-2-7-3-4-10-8(5-7)11-12(9(15)6-19-10)20-14(17-11)13(16)18;1-6-3-2-4(7)5(6)8;1-2/h1,3-5,9H,6H2,(H2,16,18);4,7H,2-3H2,1H3;1H3. The second-order valence-electron chi connectivity index (χ2n) is 6.29. The number of likely N-dealkylation sites (tertiary alicyclic amines) is 1. The van der Waals surface area contributed by atoms with Gasteiger partial charge in [-0.3, -0.25) is 14.0 Å². The summed E-state index contributed by atoms with van der Waals surface area (Å²) in [6.45, 7) is 0.565. The van der Waals surface area contributed by atoms with Crippen molar-refractivity contribution in [2.45, 2.75) is 18.7 Å². The summed E-state index contributed by atoms with van der Waals surface area (Å²) in [6.07, 6.45) is 3.89. The average Bonchev–Trinajstić information content (AvgIpc) is 3.30. The smallest absolute Gasteiger partial charge is 0.277 e. The number of ether oxygens (including phenoxy) is 1. The fourth-order valence-electron chi connectivity index (χ4n) is 2.82. The van der Waals surface area contributed by atoms with Crippen LogP contribution in [0.1, 0.15) is 32.8 Å². The number of nitrogens with zero attached hydrogens (tertiary/aromatic N) is 2. The molecule has 30 heavy (non-hydrogen) atoms. The van der Waals surface area contributed by atoms with Crippen molar-refractivity contribution in [2.75, 3.05) is 27.4 Å². The number of rotatable bonds is 1. The monoisotopic (exact) mass is 437 g/mol. The number of carbonyl (C=O) groups excluding carboxylic acids is 2. The number of likely N-dealkylation sites (N-methyl/N-ethyl adjacent to an activating group) is 1. The topological polar surface area (TPSA) is 106 Å². The molecule has 2 atom stereocenters. The minimum Gasteiger partial charge on any atom is -0.489 e. The molecule has 0 saturated carbocycles. The van der Waals surface area contributed by atoms with E-state index >= 15 is 0 Å². The Bertz CT molecular complexity index is 961. The summed E-state index contributed by atoms with van der Waals surface area (Å²) >= 11 is 0.950. The van der Waals surface area contributed by atoms with Crippen molar-refractivity contribution in [2.24, 2.45) is 5.73 Å². The Morgan fingerprint density at radius 3 is 2.67 bits per heavy atom. The van der Waals surface area contributed by atoms with Gasteiger partial charge < -0.3 is 20.5 Å². The van der Waals surface area contributed by atoms with Gasteiger partial charge in [0.2, 0.25) is 0 Å². The third-order valence-electron chi connectivity index (χ3n) is 4.33. The van der Waals surface area contributed by atoms with Crippen molar-refractivity contribution in [3.63, 3.8) is 0 Å².